The number of piperidine rings is 1. The van der Waals surface area contributed by atoms with Crippen LogP contribution in [0.1, 0.15) is 33.8 Å². The minimum atomic E-state index is -0.105. The molecule has 2 amide bonds. The van der Waals surface area contributed by atoms with Crippen molar-refractivity contribution < 1.29 is 14.0 Å². The summed E-state index contributed by atoms with van der Waals surface area (Å²) in [7, 11) is 0. The third-order valence-corrected chi connectivity index (χ3v) is 4.50. The number of amides is 2. The van der Waals surface area contributed by atoms with Crippen LogP contribution in [-0.2, 0) is 0 Å². The number of fused-ring (bicyclic) bond motifs is 1. The molecule has 0 bridgehead atoms. The number of imidazole rings is 1. The van der Waals surface area contributed by atoms with Crippen LogP contribution in [0.15, 0.2) is 53.5 Å². The number of carbonyl (C=O) groups is 2. The van der Waals surface area contributed by atoms with Crippen molar-refractivity contribution in [3.8, 4) is 0 Å². The molecule has 0 radical (unpaired) electrons. The molecule has 3 aromatic heterocycles. The molecule has 4 heterocycles. The van der Waals surface area contributed by atoms with Gasteiger partial charge in [0, 0.05) is 37.7 Å². The van der Waals surface area contributed by atoms with E-state index in [1.54, 1.807) is 35.5 Å². The van der Waals surface area contributed by atoms with E-state index in [4.69, 9.17) is 4.42 Å². The molecule has 0 unspecified atom stereocenters. The Morgan fingerprint density at radius 2 is 2.04 bits per heavy atom. The largest absolute Gasteiger partial charge is 0.459 e. The van der Waals surface area contributed by atoms with Crippen molar-refractivity contribution in [1.29, 1.82) is 0 Å². The molecule has 7 heteroatoms. The highest BCUT2D eigenvalue weighted by Crippen LogP contribution is 2.15. The molecule has 0 aromatic carbocycles. The van der Waals surface area contributed by atoms with Gasteiger partial charge in [-0.1, -0.05) is 0 Å². The van der Waals surface area contributed by atoms with Crippen LogP contribution < -0.4 is 5.32 Å². The van der Waals surface area contributed by atoms with Crippen LogP contribution in [0.25, 0.3) is 5.65 Å². The molecule has 0 atom stereocenters. The van der Waals surface area contributed by atoms with Crippen LogP contribution in [0.5, 0.6) is 0 Å². The minimum Gasteiger partial charge on any atom is -0.459 e. The molecule has 1 aliphatic rings. The van der Waals surface area contributed by atoms with Gasteiger partial charge < -0.3 is 19.0 Å². The van der Waals surface area contributed by atoms with E-state index in [9.17, 15) is 9.59 Å². The lowest BCUT2D eigenvalue weighted by Crippen LogP contribution is -2.46. The summed E-state index contributed by atoms with van der Waals surface area (Å²) in [6, 6.07) is 7.03. The standard InChI is InChI=1S/C18H18N4O3/c23-17(13-3-4-16-19-7-10-22(16)12-13)20-14-5-8-21(9-6-14)18(24)15-2-1-11-25-15/h1-4,7,10-12,14H,5-6,8-9H2,(H,20,23). The third-order valence-electron chi connectivity index (χ3n) is 4.50. The summed E-state index contributed by atoms with van der Waals surface area (Å²) in [6.45, 7) is 1.20. The van der Waals surface area contributed by atoms with Gasteiger partial charge in [-0.15, -0.1) is 0 Å². The second-order valence-electron chi connectivity index (χ2n) is 6.13. The van der Waals surface area contributed by atoms with Crippen molar-refractivity contribution in [1.82, 2.24) is 19.6 Å². The van der Waals surface area contributed by atoms with Gasteiger partial charge >= 0.3 is 0 Å². The Balaban J connectivity index is 1.35. The maximum atomic E-state index is 12.4. The average molecular weight is 338 g/mol. The Morgan fingerprint density at radius 1 is 1.20 bits per heavy atom. The first-order chi connectivity index (χ1) is 12.2. The number of aromatic nitrogens is 2. The number of hydrogen-bond donors (Lipinski definition) is 1. The van der Waals surface area contributed by atoms with Crippen molar-refractivity contribution in [2.24, 2.45) is 0 Å². The average Bonchev–Trinajstić information content (AvgIpc) is 3.32. The van der Waals surface area contributed by atoms with Gasteiger partial charge in [-0.2, -0.15) is 0 Å². The Kier molecular flexibility index (Phi) is 3.97. The first kappa shape index (κ1) is 15.4. The molecule has 1 saturated heterocycles. The fourth-order valence-corrected chi connectivity index (χ4v) is 3.11. The quantitative estimate of drug-likeness (QED) is 0.792. The fourth-order valence-electron chi connectivity index (χ4n) is 3.11. The number of nitrogens with one attached hydrogen (secondary N) is 1. The molecule has 25 heavy (non-hydrogen) atoms. The Hall–Kier alpha value is -3.09. The molecular weight excluding hydrogens is 320 g/mol. The summed E-state index contributed by atoms with van der Waals surface area (Å²) in [5, 5.41) is 3.05. The highest BCUT2D eigenvalue weighted by molar-refractivity contribution is 5.94. The molecule has 4 rings (SSSR count). The number of likely N-dealkylation sites (tertiary alicyclic amines) is 1. The number of furan rings is 1. The monoisotopic (exact) mass is 338 g/mol. The van der Waals surface area contributed by atoms with E-state index in [1.165, 1.54) is 6.26 Å². The Bertz CT molecular complexity index is 892. The maximum Gasteiger partial charge on any atom is 0.289 e. The second-order valence-corrected chi connectivity index (χ2v) is 6.13. The summed E-state index contributed by atoms with van der Waals surface area (Å²) in [4.78, 5) is 30.6. The van der Waals surface area contributed by atoms with Gasteiger partial charge in [0.1, 0.15) is 5.65 Å². The number of pyridine rings is 1. The summed E-state index contributed by atoms with van der Waals surface area (Å²) >= 11 is 0. The molecule has 1 N–H and O–H groups in total. The lowest BCUT2D eigenvalue weighted by molar-refractivity contribution is 0.0667. The zero-order valence-corrected chi connectivity index (χ0v) is 13.6. The van der Waals surface area contributed by atoms with E-state index in [1.807, 2.05) is 16.7 Å². The molecule has 1 fully saturated rings. The fraction of sp³-hybridized carbons (Fsp3) is 0.278. The van der Waals surface area contributed by atoms with Crippen molar-refractivity contribution in [2.75, 3.05) is 13.1 Å². The van der Waals surface area contributed by atoms with Crippen LogP contribution in [0.4, 0.5) is 0 Å². The Labute approximate surface area is 144 Å². The number of carbonyl (C=O) groups excluding carboxylic acids is 2. The number of nitrogens with zero attached hydrogens (tertiary/aromatic N) is 3. The summed E-state index contributed by atoms with van der Waals surface area (Å²) in [5.41, 5.74) is 1.40. The highest BCUT2D eigenvalue weighted by Gasteiger charge is 2.26. The van der Waals surface area contributed by atoms with Gasteiger partial charge in [-0.3, -0.25) is 9.59 Å². The molecule has 0 spiro atoms. The molecule has 0 saturated carbocycles. The SMILES string of the molecule is O=C(NC1CCN(C(=O)c2ccco2)CC1)c1ccc2nccn2c1. The first-order valence-electron chi connectivity index (χ1n) is 8.27. The number of hydrogen-bond acceptors (Lipinski definition) is 4. The topological polar surface area (TPSA) is 79.8 Å². The van der Waals surface area contributed by atoms with Gasteiger partial charge in [0.25, 0.3) is 11.8 Å². The Morgan fingerprint density at radius 3 is 2.80 bits per heavy atom. The predicted molar refractivity (Wildman–Crippen MR) is 90.3 cm³/mol. The van der Waals surface area contributed by atoms with Crippen LogP contribution >= 0.6 is 0 Å². The van der Waals surface area contributed by atoms with E-state index in [0.29, 0.717) is 24.4 Å². The van der Waals surface area contributed by atoms with Crippen molar-refractivity contribution in [3.05, 3.63) is 60.4 Å². The molecule has 0 aliphatic carbocycles. The van der Waals surface area contributed by atoms with Gasteiger partial charge in [0.05, 0.1) is 11.8 Å². The molecular formula is C18H18N4O3. The molecule has 1 aliphatic heterocycles. The highest BCUT2D eigenvalue weighted by atomic mass is 16.3. The lowest BCUT2D eigenvalue weighted by atomic mass is 10.0. The van der Waals surface area contributed by atoms with Gasteiger partial charge in [0.2, 0.25) is 0 Å². The van der Waals surface area contributed by atoms with Crippen LogP contribution in [0.2, 0.25) is 0 Å². The van der Waals surface area contributed by atoms with Gasteiger partial charge in [-0.05, 0) is 37.1 Å². The second kappa shape index (κ2) is 6.43. The maximum absolute atomic E-state index is 12.4. The normalized spacial score (nSPS) is 15.4. The zero-order valence-electron chi connectivity index (χ0n) is 13.6. The molecule has 7 nitrogen and oxygen atoms in total. The van der Waals surface area contributed by atoms with Gasteiger partial charge in [0.15, 0.2) is 5.76 Å². The van der Waals surface area contributed by atoms with E-state index >= 15 is 0 Å². The zero-order chi connectivity index (χ0) is 17.2. The van der Waals surface area contributed by atoms with Crippen LogP contribution in [0, 0.1) is 0 Å². The predicted octanol–water partition coefficient (Wildman–Crippen LogP) is 1.96. The van der Waals surface area contributed by atoms with Crippen molar-refractivity contribution >= 4 is 17.5 Å². The third kappa shape index (κ3) is 3.13. The van der Waals surface area contributed by atoms with E-state index in [-0.39, 0.29) is 17.9 Å². The summed E-state index contributed by atoms with van der Waals surface area (Å²) in [5.74, 6) is 0.155. The van der Waals surface area contributed by atoms with Crippen LogP contribution in [-0.4, -0.2) is 45.2 Å². The molecule has 3 aromatic rings. The van der Waals surface area contributed by atoms with Crippen molar-refractivity contribution in [3.63, 3.8) is 0 Å². The minimum absolute atomic E-state index is 0.0617. The lowest BCUT2D eigenvalue weighted by Gasteiger charge is -2.31. The van der Waals surface area contributed by atoms with E-state index in [2.05, 4.69) is 10.3 Å². The smallest absolute Gasteiger partial charge is 0.289 e. The first-order valence-corrected chi connectivity index (χ1v) is 8.27. The van der Waals surface area contributed by atoms with Gasteiger partial charge in [-0.25, -0.2) is 4.98 Å². The van der Waals surface area contributed by atoms with E-state index < -0.39 is 0 Å². The van der Waals surface area contributed by atoms with Crippen LogP contribution in [0.3, 0.4) is 0 Å². The molecule has 128 valence electrons. The summed E-state index contributed by atoms with van der Waals surface area (Å²) < 4.78 is 6.98. The van der Waals surface area contributed by atoms with Crippen molar-refractivity contribution in [2.45, 2.75) is 18.9 Å². The van der Waals surface area contributed by atoms with E-state index in [0.717, 1.165) is 18.5 Å². The number of rotatable bonds is 3. The summed E-state index contributed by atoms with van der Waals surface area (Å²) in [6.07, 6.45) is 8.23.